The van der Waals surface area contributed by atoms with Crippen LogP contribution in [0.25, 0.3) is 0 Å². The quantitative estimate of drug-likeness (QED) is 0.918. The lowest BCUT2D eigenvalue weighted by Gasteiger charge is -2.19. The van der Waals surface area contributed by atoms with Gasteiger partial charge in [0.05, 0.1) is 0 Å². The van der Waals surface area contributed by atoms with Crippen LogP contribution < -0.4 is 5.32 Å². The highest BCUT2D eigenvalue weighted by atomic mass is 35.5. The van der Waals surface area contributed by atoms with Gasteiger partial charge in [-0.1, -0.05) is 29.8 Å². The van der Waals surface area contributed by atoms with Crippen LogP contribution in [0, 0.1) is 0 Å². The van der Waals surface area contributed by atoms with Crippen molar-refractivity contribution in [3.63, 3.8) is 0 Å². The van der Waals surface area contributed by atoms with Crippen LogP contribution in [0.1, 0.15) is 34.5 Å². The van der Waals surface area contributed by atoms with Crippen LogP contribution >= 0.6 is 11.6 Å². The maximum absolute atomic E-state index is 12.2. The molecule has 0 saturated carbocycles. The number of halogens is 1. The molecule has 1 aromatic carbocycles. The lowest BCUT2D eigenvalue weighted by molar-refractivity contribution is -0.130. The average molecular weight is 357 g/mol. The first-order valence-electron chi connectivity index (χ1n) is 7.86. The summed E-state index contributed by atoms with van der Waals surface area (Å²) in [5.74, 6) is 0.0641. The number of hydrogen-bond acceptors (Lipinski definition) is 4. The van der Waals surface area contributed by atoms with E-state index < -0.39 is 0 Å². The minimum Gasteiger partial charge on any atom is -0.307 e. The van der Waals surface area contributed by atoms with E-state index in [2.05, 4.69) is 15.4 Å². The molecule has 6 nitrogen and oxygen atoms in total. The zero-order chi connectivity index (χ0) is 17.8. The van der Waals surface area contributed by atoms with E-state index in [1.54, 1.807) is 19.3 Å². The first-order chi connectivity index (χ1) is 12.0. The topological polar surface area (TPSA) is 74.7 Å². The van der Waals surface area contributed by atoms with Crippen molar-refractivity contribution in [1.82, 2.24) is 15.3 Å². The molecular weight excluding hydrogens is 340 g/mol. The Labute approximate surface area is 150 Å². The molecule has 0 fully saturated rings. The van der Waals surface area contributed by atoms with Crippen LogP contribution in [0.15, 0.2) is 47.7 Å². The van der Waals surface area contributed by atoms with Crippen molar-refractivity contribution < 1.29 is 9.59 Å². The summed E-state index contributed by atoms with van der Waals surface area (Å²) >= 11 is 5.99. The Kier molecular flexibility index (Phi) is 5.09. The van der Waals surface area contributed by atoms with Gasteiger partial charge in [0.15, 0.2) is 0 Å². The highest BCUT2D eigenvalue weighted by Crippen LogP contribution is 2.14. The minimum absolute atomic E-state index is 0.0681. The average Bonchev–Trinajstić information content (AvgIpc) is 2.59. The van der Waals surface area contributed by atoms with Crippen molar-refractivity contribution in [2.45, 2.75) is 19.3 Å². The van der Waals surface area contributed by atoms with Crippen molar-refractivity contribution in [2.75, 3.05) is 7.05 Å². The molecule has 128 valence electrons. The van der Waals surface area contributed by atoms with E-state index >= 15 is 0 Å². The second kappa shape index (κ2) is 7.44. The number of carbonyl (C=O) groups excluding carboxylic acids is 2. The molecule has 0 bridgehead atoms. The monoisotopic (exact) mass is 356 g/mol. The van der Waals surface area contributed by atoms with Gasteiger partial charge in [0.25, 0.3) is 5.91 Å². The van der Waals surface area contributed by atoms with Gasteiger partial charge in [0.2, 0.25) is 5.91 Å². The molecule has 7 heteroatoms. The number of rotatable bonds is 3. The standard InChI is InChI=1S/C18H17ClN4O2/c1-23-17(24)8-7-16(22-23)21-18(25)15-6-5-13(11-20-15)9-12-3-2-4-14(19)10-12/h2-6,10-11H,7-9H2,1H3,(H,21,22,25). The van der Waals surface area contributed by atoms with E-state index in [4.69, 9.17) is 11.6 Å². The molecule has 1 aliphatic rings. The van der Waals surface area contributed by atoms with E-state index in [0.29, 0.717) is 35.8 Å². The van der Waals surface area contributed by atoms with Crippen LogP contribution in [0.3, 0.4) is 0 Å². The molecule has 1 aliphatic heterocycles. The predicted molar refractivity (Wildman–Crippen MR) is 95.4 cm³/mol. The number of aromatic nitrogens is 1. The van der Waals surface area contributed by atoms with Crippen LogP contribution in [-0.2, 0) is 11.2 Å². The van der Waals surface area contributed by atoms with E-state index in [1.807, 2.05) is 30.3 Å². The maximum atomic E-state index is 12.2. The Morgan fingerprint density at radius 3 is 2.76 bits per heavy atom. The van der Waals surface area contributed by atoms with Crippen LogP contribution in [0.2, 0.25) is 5.02 Å². The SMILES string of the molecule is CN1N=C(NC(=O)c2ccc(Cc3cccc(Cl)c3)cn2)CCC1=O. The third kappa shape index (κ3) is 4.42. The summed E-state index contributed by atoms with van der Waals surface area (Å²) in [4.78, 5) is 27.8. The van der Waals surface area contributed by atoms with Gasteiger partial charge in [-0.05, 0) is 35.7 Å². The van der Waals surface area contributed by atoms with Gasteiger partial charge in [-0.2, -0.15) is 5.10 Å². The zero-order valence-corrected chi connectivity index (χ0v) is 14.5. The second-order valence-electron chi connectivity index (χ2n) is 5.78. The van der Waals surface area contributed by atoms with Crippen molar-refractivity contribution in [1.29, 1.82) is 0 Å². The second-order valence-corrected chi connectivity index (χ2v) is 6.21. The van der Waals surface area contributed by atoms with Crippen LogP contribution in [0.4, 0.5) is 0 Å². The Morgan fingerprint density at radius 1 is 1.24 bits per heavy atom. The molecule has 2 aromatic rings. The third-order valence-corrected chi connectivity index (χ3v) is 4.05. The number of carbonyl (C=O) groups is 2. The number of hydrazone groups is 1. The highest BCUT2D eigenvalue weighted by Gasteiger charge is 2.19. The van der Waals surface area contributed by atoms with Crippen LogP contribution in [0.5, 0.6) is 0 Å². The van der Waals surface area contributed by atoms with Crippen molar-refractivity contribution in [3.05, 3.63) is 64.4 Å². The summed E-state index contributed by atoms with van der Waals surface area (Å²) in [6.45, 7) is 0. The Bertz CT molecular complexity index is 833. The molecule has 0 atom stereocenters. The summed E-state index contributed by atoms with van der Waals surface area (Å²) in [5, 5.41) is 8.67. The summed E-state index contributed by atoms with van der Waals surface area (Å²) in [5.41, 5.74) is 2.37. The molecule has 2 heterocycles. The molecule has 0 saturated heterocycles. The molecule has 0 aliphatic carbocycles. The largest absolute Gasteiger partial charge is 0.307 e. The van der Waals surface area contributed by atoms with Crippen LogP contribution in [-0.4, -0.2) is 34.7 Å². The van der Waals surface area contributed by atoms with Gasteiger partial charge in [0, 0.05) is 31.1 Å². The highest BCUT2D eigenvalue weighted by molar-refractivity contribution is 6.30. The third-order valence-electron chi connectivity index (χ3n) is 3.82. The van der Waals surface area contributed by atoms with E-state index in [9.17, 15) is 9.59 Å². The molecule has 2 amide bonds. The number of nitrogens with one attached hydrogen (secondary N) is 1. The number of nitrogens with zero attached hydrogens (tertiary/aromatic N) is 3. The number of amidine groups is 1. The predicted octanol–water partition coefficient (Wildman–Crippen LogP) is 2.62. The molecule has 0 spiro atoms. The van der Waals surface area contributed by atoms with Gasteiger partial charge in [0.1, 0.15) is 11.5 Å². The normalized spacial score (nSPS) is 14.2. The Hall–Kier alpha value is -2.73. The van der Waals surface area contributed by atoms with Crippen molar-refractivity contribution in [2.24, 2.45) is 5.10 Å². The molecule has 0 unspecified atom stereocenters. The summed E-state index contributed by atoms with van der Waals surface area (Å²) in [6.07, 6.45) is 3.12. The van der Waals surface area contributed by atoms with Gasteiger partial charge < -0.3 is 5.32 Å². The minimum atomic E-state index is -0.337. The number of amides is 2. The lowest BCUT2D eigenvalue weighted by Crippen LogP contribution is -2.38. The molecule has 0 radical (unpaired) electrons. The first kappa shape index (κ1) is 17.1. The lowest BCUT2D eigenvalue weighted by atomic mass is 10.1. The van der Waals surface area contributed by atoms with Crippen molar-refractivity contribution in [3.8, 4) is 0 Å². The summed E-state index contributed by atoms with van der Waals surface area (Å²) in [7, 11) is 1.57. The molecule has 3 rings (SSSR count). The maximum Gasteiger partial charge on any atom is 0.275 e. The number of pyridine rings is 1. The van der Waals surface area contributed by atoms with E-state index in [0.717, 1.165) is 11.1 Å². The first-order valence-corrected chi connectivity index (χ1v) is 8.24. The Balaban J connectivity index is 1.64. The van der Waals surface area contributed by atoms with E-state index in [-0.39, 0.29) is 11.8 Å². The fourth-order valence-electron chi connectivity index (χ4n) is 2.50. The fraction of sp³-hybridized carbons (Fsp3) is 0.222. The van der Waals surface area contributed by atoms with Crippen molar-refractivity contribution >= 4 is 29.3 Å². The fourth-order valence-corrected chi connectivity index (χ4v) is 2.72. The number of benzene rings is 1. The molecule has 1 aromatic heterocycles. The molecular formula is C18H17ClN4O2. The van der Waals surface area contributed by atoms with Gasteiger partial charge >= 0.3 is 0 Å². The van der Waals surface area contributed by atoms with Gasteiger partial charge in [-0.3, -0.25) is 14.6 Å². The number of hydrogen-bond donors (Lipinski definition) is 1. The smallest absolute Gasteiger partial charge is 0.275 e. The summed E-state index contributed by atoms with van der Waals surface area (Å²) < 4.78 is 0. The zero-order valence-electron chi connectivity index (χ0n) is 13.7. The Morgan fingerprint density at radius 2 is 2.08 bits per heavy atom. The van der Waals surface area contributed by atoms with Gasteiger partial charge in [-0.25, -0.2) is 5.01 Å². The van der Waals surface area contributed by atoms with E-state index in [1.165, 1.54) is 5.01 Å². The van der Waals surface area contributed by atoms with Gasteiger partial charge in [-0.15, -0.1) is 0 Å². The summed E-state index contributed by atoms with van der Waals surface area (Å²) in [6, 6.07) is 11.2. The molecule has 1 N–H and O–H groups in total. The molecule has 25 heavy (non-hydrogen) atoms.